The van der Waals surface area contributed by atoms with Crippen LogP contribution in [-0.4, -0.2) is 39.6 Å². The Kier molecular flexibility index (Phi) is 5.03. The number of aromatic nitrogens is 3. The van der Waals surface area contributed by atoms with E-state index in [1.165, 1.54) is 17.4 Å². The first kappa shape index (κ1) is 19.4. The number of anilines is 1. The van der Waals surface area contributed by atoms with E-state index >= 15 is 0 Å². The molecule has 1 unspecified atom stereocenters. The molecule has 29 heavy (non-hydrogen) atoms. The summed E-state index contributed by atoms with van der Waals surface area (Å²) in [6, 6.07) is 6.06. The van der Waals surface area contributed by atoms with Gasteiger partial charge in [0, 0.05) is 37.7 Å². The number of hydrogen-bond acceptors (Lipinski definition) is 5. The average molecular weight is 421 g/mol. The van der Waals surface area contributed by atoms with E-state index in [1.807, 2.05) is 34.0 Å². The van der Waals surface area contributed by atoms with Crippen LogP contribution in [0.2, 0.25) is 0 Å². The number of nitrogens with zero attached hydrogens (tertiary/aromatic N) is 4. The van der Waals surface area contributed by atoms with Crippen LogP contribution >= 0.6 is 11.3 Å². The van der Waals surface area contributed by atoms with Crippen molar-refractivity contribution in [1.82, 2.24) is 19.9 Å². The van der Waals surface area contributed by atoms with Crippen LogP contribution in [-0.2, 0) is 6.18 Å². The summed E-state index contributed by atoms with van der Waals surface area (Å²) >= 11 is 1.32. The minimum absolute atomic E-state index is 0.108. The molecule has 1 N–H and O–H groups in total. The smallest absolute Gasteiger partial charge is 0.354 e. The monoisotopic (exact) mass is 421 g/mol. The number of nitrogens with one attached hydrogen (secondary N) is 1. The Labute approximate surface area is 169 Å². The van der Waals surface area contributed by atoms with E-state index < -0.39 is 11.7 Å². The fourth-order valence-corrected chi connectivity index (χ4v) is 4.18. The maximum atomic E-state index is 12.7. The molecule has 1 aliphatic rings. The number of thiazole rings is 1. The van der Waals surface area contributed by atoms with Gasteiger partial charge in [-0.25, -0.2) is 9.97 Å². The lowest BCUT2D eigenvalue weighted by atomic mass is 10.2. The van der Waals surface area contributed by atoms with Gasteiger partial charge in [-0.05, 0) is 37.6 Å². The van der Waals surface area contributed by atoms with Crippen molar-refractivity contribution >= 4 is 23.1 Å². The number of halogens is 3. The highest BCUT2D eigenvalue weighted by molar-refractivity contribution is 7.16. The van der Waals surface area contributed by atoms with Crippen molar-refractivity contribution in [2.75, 3.05) is 18.0 Å². The average Bonchev–Trinajstić information content (AvgIpc) is 3.41. The van der Waals surface area contributed by atoms with Crippen LogP contribution in [0.1, 0.15) is 27.3 Å². The zero-order valence-electron chi connectivity index (χ0n) is 15.5. The Balaban J connectivity index is 1.39. The van der Waals surface area contributed by atoms with Crippen molar-refractivity contribution in [3.8, 4) is 5.13 Å². The summed E-state index contributed by atoms with van der Waals surface area (Å²) in [5.41, 5.74) is -0.111. The van der Waals surface area contributed by atoms with Gasteiger partial charge in [0.05, 0.1) is 11.3 Å². The first-order valence-electron chi connectivity index (χ1n) is 9.01. The van der Waals surface area contributed by atoms with Gasteiger partial charge in [-0.3, -0.25) is 4.79 Å². The van der Waals surface area contributed by atoms with E-state index in [1.54, 1.807) is 6.92 Å². The molecular weight excluding hydrogens is 403 g/mol. The third kappa shape index (κ3) is 4.12. The van der Waals surface area contributed by atoms with Gasteiger partial charge in [-0.1, -0.05) is 11.3 Å². The van der Waals surface area contributed by atoms with E-state index in [4.69, 9.17) is 0 Å². The molecule has 4 rings (SSSR count). The first-order valence-corrected chi connectivity index (χ1v) is 9.83. The summed E-state index contributed by atoms with van der Waals surface area (Å²) in [6.07, 6.45) is 0.859. The summed E-state index contributed by atoms with van der Waals surface area (Å²) in [6.45, 7) is 2.90. The van der Waals surface area contributed by atoms with E-state index in [0.29, 0.717) is 35.9 Å². The molecule has 1 saturated heterocycles. The van der Waals surface area contributed by atoms with Crippen molar-refractivity contribution in [3.05, 3.63) is 59.0 Å². The van der Waals surface area contributed by atoms with Gasteiger partial charge >= 0.3 is 6.18 Å². The summed E-state index contributed by atoms with van der Waals surface area (Å²) in [7, 11) is 0. The molecule has 0 radical (unpaired) electrons. The van der Waals surface area contributed by atoms with Gasteiger partial charge in [0.2, 0.25) is 0 Å². The Hall–Kier alpha value is -2.88. The zero-order valence-corrected chi connectivity index (χ0v) is 16.3. The fourth-order valence-electron chi connectivity index (χ4n) is 3.24. The maximum Gasteiger partial charge on any atom is 0.417 e. The number of aryl methyl sites for hydroxylation is 1. The molecule has 0 saturated carbocycles. The normalized spacial score (nSPS) is 17.0. The van der Waals surface area contributed by atoms with E-state index in [2.05, 4.69) is 15.3 Å². The lowest BCUT2D eigenvalue weighted by Crippen LogP contribution is -2.37. The number of rotatable bonds is 4. The maximum absolute atomic E-state index is 12.7. The highest BCUT2D eigenvalue weighted by atomic mass is 32.1. The predicted octanol–water partition coefficient (Wildman–Crippen LogP) is 3.66. The number of carbonyl (C=O) groups is 1. The number of carbonyl (C=O) groups excluding carboxylic acids is 1. The van der Waals surface area contributed by atoms with Crippen LogP contribution in [0.3, 0.4) is 0 Å². The molecule has 4 heterocycles. The third-order valence-electron chi connectivity index (χ3n) is 4.74. The third-order valence-corrected chi connectivity index (χ3v) is 5.91. The van der Waals surface area contributed by atoms with Crippen LogP contribution in [0.15, 0.2) is 42.9 Å². The van der Waals surface area contributed by atoms with Gasteiger partial charge in [0.25, 0.3) is 5.91 Å². The number of hydrogen-bond donors (Lipinski definition) is 1. The van der Waals surface area contributed by atoms with Gasteiger partial charge in [0.1, 0.15) is 10.7 Å². The second kappa shape index (κ2) is 7.51. The molecule has 1 amide bonds. The Bertz CT molecular complexity index is 998. The molecule has 3 aromatic rings. The van der Waals surface area contributed by atoms with Gasteiger partial charge in [-0.15, -0.1) is 0 Å². The molecule has 0 spiro atoms. The Morgan fingerprint density at radius 3 is 2.69 bits per heavy atom. The fraction of sp³-hybridized carbons (Fsp3) is 0.316. The molecule has 10 heteroatoms. The first-order chi connectivity index (χ1) is 13.8. The van der Waals surface area contributed by atoms with Crippen molar-refractivity contribution < 1.29 is 18.0 Å². The van der Waals surface area contributed by atoms with Crippen LogP contribution in [0, 0.1) is 6.92 Å². The van der Waals surface area contributed by atoms with Crippen molar-refractivity contribution in [2.24, 2.45) is 0 Å². The minimum atomic E-state index is -4.40. The molecule has 3 aromatic heterocycles. The highest BCUT2D eigenvalue weighted by Crippen LogP contribution is 2.30. The number of alkyl halides is 3. The molecule has 1 aliphatic heterocycles. The molecule has 0 bridgehead atoms. The van der Waals surface area contributed by atoms with Gasteiger partial charge < -0.3 is 14.8 Å². The highest BCUT2D eigenvalue weighted by Gasteiger charge is 2.32. The standard InChI is InChI=1S/C19H18F3N5OS/c1-12-16(29-18(24-12)26-7-2-3-8-26)17(28)25-14-6-9-27(11-14)15-5-4-13(10-23-15)19(20,21)22/h2-5,7-8,10,14H,6,9,11H2,1H3,(H,25,28). The molecule has 152 valence electrons. The second-order valence-corrected chi connectivity index (χ2v) is 7.79. The predicted molar refractivity (Wildman–Crippen MR) is 104 cm³/mol. The lowest BCUT2D eigenvalue weighted by Gasteiger charge is -2.18. The quantitative estimate of drug-likeness (QED) is 0.698. The van der Waals surface area contributed by atoms with Crippen LogP contribution in [0.25, 0.3) is 5.13 Å². The van der Waals surface area contributed by atoms with Crippen LogP contribution < -0.4 is 10.2 Å². The van der Waals surface area contributed by atoms with Crippen molar-refractivity contribution in [2.45, 2.75) is 25.6 Å². The minimum Gasteiger partial charge on any atom is -0.354 e. The summed E-state index contributed by atoms with van der Waals surface area (Å²) in [4.78, 5) is 23.5. The molecule has 0 aromatic carbocycles. The van der Waals surface area contributed by atoms with Crippen LogP contribution in [0.4, 0.5) is 19.0 Å². The van der Waals surface area contributed by atoms with E-state index in [-0.39, 0.29) is 11.9 Å². The largest absolute Gasteiger partial charge is 0.417 e. The molecule has 1 atom stereocenters. The van der Waals surface area contributed by atoms with Crippen molar-refractivity contribution in [1.29, 1.82) is 0 Å². The van der Waals surface area contributed by atoms with Crippen molar-refractivity contribution in [3.63, 3.8) is 0 Å². The van der Waals surface area contributed by atoms with E-state index in [0.717, 1.165) is 17.4 Å². The summed E-state index contributed by atoms with van der Waals surface area (Å²) < 4.78 is 39.9. The van der Waals surface area contributed by atoms with Gasteiger partial charge in [-0.2, -0.15) is 13.2 Å². The number of pyridine rings is 1. The summed E-state index contributed by atoms with van der Waals surface area (Å²) in [5, 5.41) is 3.72. The molecule has 6 nitrogen and oxygen atoms in total. The Morgan fingerprint density at radius 2 is 2.03 bits per heavy atom. The molecule has 0 aliphatic carbocycles. The Morgan fingerprint density at radius 1 is 1.28 bits per heavy atom. The number of amides is 1. The lowest BCUT2D eigenvalue weighted by molar-refractivity contribution is -0.137. The van der Waals surface area contributed by atoms with E-state index in [9.17, 15) is 18.0 Å². The van der Waals surface area contributed by atoms with Gasteiger partial charge in [0.15, 0.2) is 5.13 Å². The molecular formula is C19H18F3N5OS. The SMILES string of the molecule is Cc1nc(-n2cccc2)sc1C(=O)NC1CCN(c2ccc(C(F)(F)F)cn2)C1. The summed E-state index contributed by atoms with van der Waals surface area (Å²) in [5.74, 6) is 0.282. The van der Waals surface area contributed by atoms with Crippen LogP contribution in [0.5, 0.6) is 0 Å². The molecule has 1 fully saturated rings. The second-order valence-electron chi connectivity index (χ2n) is 6.81. The zero-order chi connectivity index (χ0) is 20.6. The topological polar surface area (TPSA) is 63.1 Å².